The molecular weight excluding hydrogens is 320 g/mol. The molecule has 0 aliphatic carbocycles. The summed E-state index contributed by atoms with van der Waals surface area (Å²) in [7, 11) is 1.60. The van der Waals surface area contributed by atoms with E-state index in [1.54, 1.807) is 24.1 Å². The van der Waals surface area contributed by atoms with Crippen molar-refractivity contribution in [1.29, 1.82) is 0 Å². The fourth-order valence-electron chi connectivity index (χ4n) is 2.65. The number of benzene rings is 1. The summed E-state index contributed by atoms with van der Waals surface area (Å²) in [5, 5.41) is 11.0. The van der Waals surface area contributed by atoms with Crippen LogP contribution in [-0.2, 0) is 16.8 Å². The van der Waals surface area contributed by atoms with Gasteiger partial charge in [-0.1, -0.05) is 35.5 Å². The summed E-state index contributed by atoms with van der Waals surface area (Å²) in [6.45, 7) is 2.66. The van der Waals surface area contributed by atoms with Gasteiger partial charge in [-0.25, -0.2) is 0 Å². The average molecular weight is 340 g/mol. The van der Waals surface area contributed by atoms with Crippen LogP contribution in [-0.4, -0.2) is 34.6 Å². The highest BCUT2D eigenvalue weighted by Gasteiger charge is 2.30. The summed E-state index contributed by atoms with van der Waals surface area (Å²) >= 11 is 0. The van der Waals surface area contributed by atoms with E-state index in [1.165, 1.54) is 0 Å². The molecule has 0 fully saturated rings. The number of rotatable bonds is 7. The Labute approximate surface area is 145 Å². The number of methoxy groups -OCH3 is 1. The minimum atomic E-state index is -0.672. The lowest BCUT2D eigenvalue weighted by molar-refractivity contribution is 0.0777. The zero-order valence-electron chi connectivity index (χ0n) is 14.2. The lowest BCUT2D eigenvalue weighted by Gasteiger charge is -2.30. The van der Waals surface area contributed by atoms with Gasteiger partial charge in [-0.3, -0.25) is 9.48 Å². The lowest BCUT2D eigenvalue weighted by Crippen LogP contribution is -2.46. The van der Waals surface area contributed by atoms with E-state index in [2.05, 4.69) is 15.6 Å². The maximum atomic E-state index is 12.6. The quantitative estimate of drug-likeness (QED) is 0.713. The number of hydrogen-bond donors (Lipinski definition) is 1. The summed E-state index contributed by atoms with van der Waals surface area (Å²) in [6.07, 6.45) is 3.49. The number of hydrogen-bond acceptors (Lipinski definition) is 5. The van der Waals surface area contributed by atoms with Gasteiger partial charge < -0.3 is 14.6 Å². The van der Waals surface area contributed by atoms with E-state index in [4.69, 9.17) is 9.26 Å². The second-order valence-electron chi connectivity index (χ2n) is 5.97. The summed E-state index contributed by atoms with van der Waals surface area (Å²) in [5.74, 6) is 0.237. The third-order valence-electron chi connectivity index (χ3n) is 3.90. The molecule has 0 bridgehead atoms. The Morgan fingerprint density at radius 2 is 2.12 bits per heavy atom. The third kappa shape index (κ3) is 3.95. The van der Waals surface area contributed by atoms with Crippen LogP contribution in [0.3, 0.4) is 0 Å². The molecule has 7 heteroatoms. The van der Waals surface area contributed by atoms with Crippen molar-refractivity contribution in [2.45, 2.75) is 19.0 Å². The zero-order valence-corrected chi connectivity index (χ0v) is 14.2. The molecule has 7 nitrogen and oxygen atoms in total. The van der Waals surface area contributed by atoms with Crippen molar-refractivity contribution in [3.05, 3.63) is 71.9 Å². The van der Waals surface area contributed by atoms with Crippen LogP contribution >= 0.6 is 0 Å². The van der Waals surface area contributed by atoms with Gasteiger partial charge in [0, 0.05) is 25.6 Å². The fraction of sp³-hybridized carbons (Fsp3) is 0.278. The number of ether oxygens (including phenoxy) is 1. The highest BCUT2D eigenvalue weighted by molar-refractivity contribution is 5.92. The summed E-state index contributed by atoms with van der Waals surface area (Å²) in [5.41, 5.74) is 0.500. The monoisotopic (exact) mass is 340 g/mol. The van der Waals surface area contributed by atoms with E-state index in [0.29, 0.717) is 18.9 Å². The lowest BCUT2D eigenvalue weighted by atomic mass is 9.92. The first-order chi connectivity index (χ1) is 12.1. The number of nitrogens with one attached hydrogen (secondary N) is 1. The van der Waals surface area contributed by atoms with E-state index in [-0.39, 0.29) is 11.6 Å². The molecule has 2 aromatic heterocycles. The molecule has 0 saturated carbocycles. The first kappa shape index (κ1) is 16.9. The van der Waals surface area contributed by atoms with Crippen LogP contribution in [0.2, 0.25) is 0 Å². The molecule has 0 saturated heterocycles. The van der Waals surface area contributed by atoms with Crippen molar-refractivity contribution in [1.82, 2.24) is 20.3 Å². The van der Waals surface area contributed by atoms with E-state index < -0.39 is 5.54 Å². The van der Waals surface area contributed by atoms with Crippen LogP contribution in [0.1, 0.15) is 28.7 Å². The molecule has 2 heterocycles. The second kappa shape index (κ2) is 7.31. The Hall–Kier alpha value is -2.93. The van der Waals surface area contributed by atoms with E-state index in [9.17, 15) is 4.79 Å². The normalized spacial score (nSPS) is 13.4. The molecule has 0 spiro atoms. The molecule has 1 N–H and O–H groups in total. The fourth-order valence-corrected chi connectivity index (χ4v) is 2.65. The first-order valence-corrected chi connectivity index (χ1v) is 7.91. The summed E-state index contributed by atoms with van der Waals surface area (Å²) < 4.78 is 12.2. The van der Waals surface area contributed by atoms with Crippen LogP contribution in [0.15, 0.2) is 59.4 Å². The molecule has 1 unspecified atom stereocenters. The van der Waals surface area contributed by atoms with Crippen molar-refractivity contribution in [3.63, 3.8) is 0 Å². The van der Waals surface area contributed by atoms with Gasteiger partial charge in [0.15, 0.2) is 11.5 Å². The molecule has 1 aromatic carbocycles. The van der Waals surface area contributed by atoms with Crippen LogP contribution < -0.4 is 5.32 Å². The minimum Gasteiger partial charge on any atom is -0.382 e. The number of nitrogens with zero attached hydrogens (tertiary/aromatic N) is 3. The maximum Gasteiger partial charge on any atom is 0.274 e. The molecule has 0 aliphatic heterocycles. The predicted octanol–water partition coefficient (Wildman–Crippen LogP) is 2.21. The number of amides is 1. The molecule has 0 radical (unpaired) electrons. The van der Waals surface area contributed by atoms with Crippen LogP contribution in [0.25, 0.3) is 0 Å². The third-order valence-corrected chi connectivity index (χ3v) is 3.90. The van der Waals surface area contributed by atoms with Crippen molar-refractivity contribution in [3.8, 4) is 0 Å². The molecule has 3 aromatic rings. The van der Waals surface area contributed by atoms with Gasteiger partial charge in [0.2, 0.25) is 0 Å². The Kier molecular flexibility index (Phi) is 4.95. The van der Waals surface area contributed by atoms with Gasteiger partial charge in [0.1, 0.15) is 6.54 Å². The highest BCUT2D eigenvalue weighted by atomic mass is 16.5. The van der Waals surface area contributed by atoms with Crippen molar-refractivity contribution in [2.75, 3.05) is 13.7 Å². The number of aromatic nitrogens is 3. The number of carbonyl (C=O) groups excluding carboxylic acids is 1. The molecule has 0 aliphatic rings. The minimum absolute atomic E-state index is 0.223. The van der Waals surface area contributed by atoms with Crippen molar-refractivity contribution in [2.24, 2.45) is 0 Å². The standard InChI is InChI=1S/C18H20N4O3/c1-18(13-24-2,14-7-4-3-5-8-14)20-17(23)16-11-15(25-21-16)12-22-10-6-9-19-22/h3-11H,12-13H2,1-2H3,(H,20,23). The largest absolute Gasteiger partial charge is 0.382 e. The van der Waals surface area contributed by atoms with Gasteiger partial charge in [0.25, 0.3) is 5.91 Å². The zero-order chi connectivity index (χ0) is 17.7. The molecular formula is C18H20N4O3. The molecule has 1 amide bonds. The average Bonchev–Trinajstić information content (AvgIpc) is 3.28. The number of carbonyl (C=O) groups is 1. The van der Waals surface area contributed by atoms with Gasteiger partial charge in [0.05, 0.1) is 12.1 Å². The Balaban J connectivity index is 1.74. The first-order valence-electron chi connectivity index (χ1n) is 7.91. The maximum absolute atomic E-state index is 12.6. The second-order valence-corrected chi connectivity index (χ2v) is 5.97. The summed E-state index contributed by atoms with van der Waals surface area (Å²) in [4.78, 5) is 12.6. The van der Waals surface area contributed by atoms with Crippen molar-refractivity contribution >= 4 is 5.91 Å². The molecule has 3 rings (SSSR count). The van der Waals surface area contributed by atoms with Crippen LogP contribution in [0, 0.1) is 0 Å². The van der Waals surface area contributed by atoms with Crippen LogP contribution in [0.4, 0.5) is 0 Å². The van der Waals surface area contributed by atoms with Crippen LogP contribution in [0.5, 0.6) is 0 Å². The Morgan fingerprint density at radius 3 is 2.80 bits per heavy atom. The van der Waals surface area contributed by atoms with E-state index in [1.807, 2.05) is 49.5 Å². The summed E-state index contributed by atoms with van der Waals surface area (Å²) in [6, 6.07) is 13.1. The highest BCUT2D eigenvalue weighted by Crippen LogP contribution is 2.21. The molecule has 1 atom stereocenters. The predicted molar refractivity (Wildman–Crippen MR) is 91.0 cm³/mol. The topological polar surface area (TPSA) is 82.2 Å². The molecule has 25 heavy (non-hydrogen) atoms. The SMILES string of the molecule is COCC(C)(NC(=O)c1cc(Cn2cccn2)on1)c1ccccc1. The molecule has 130 valence electrons. The Bertz CT molecular complexity index is 814. The van der Waals surface area contributed by atoms with Gasteiger partial charge in [-0.2, -0.15) is 5.10 Å². The van der Waals surface area contributed by atoms with Gasteiger partial charge >= 0.3 is 0 Å². The van der Waals surface area contributed by atoms with Gasteiger partial charge in [-0.05, 0) is 18.6 Å². The Morgan fingerprint density at radius 1 is 1.32 bits per heavy atom. The van der Waals surface area contributed by atoms with E-state index in [0.717, 1.165) is 5.56 Å². The smallest absolute Gasteiger partial charge is 0.274 e. The van der Waals surface area contributed by atoms with Crippen molar-refractivity contribution < 1.29 is 14.1 Å². The van der Waals surface area contributed by atoms with E-state index >= 15 is 0 Å². The van der Waals surface area contributed by atoms with Gasteiger partial charge in [-0.15, -0.1) is 0 Å².